The van der Waals surface area contributed by atoms with Crippen LogP contribution in [-0.2, 0) is 6.42 Å². The van der Waals surface area contributed by atoms with E-state index in [1.165, 1.54) is 0 Å². The van der Waals surface area contributed by atoms with Crippen molar-refractivity contribution in [3.05, 3.63) is 41.5 Å². The lowest BCUT2D eigenvalue weighted by molar-refractivity contribution is 0.0987. The molecule has 2 aromatic carbocycles. The Kier molecular flexibility index (Phi) is 6.23. The Morgan fingerprint density at radius 1 is 1.10 bits per heavy atom. The van der Waals surface area contributed by atoms with Crippen LogP contribution in [0.5, 0.6) is 5.75 Å². The van der Waals surface area contributed by atoms with E-state index in [2.05, 4.69) is 6.92 Å². The Balaban J connectivity index is 0.000000956. The number of phenolic OH excluding ortho intramolecular Hbond substituents is 1. The molecule has 108 valence electrons. The van der Waals surface area contributed by atoms with Gasteiger partial charge in [-0.25, -0.2) is 0 Å². The van der Waals surface area contributed by atoms with E-state index in [0.29, 0.717) is 6.42 Å². The molecule has 0 saturated carbocycles. The molecular formula is C18H24O2. The van der Waals surface area contributed by atoms with E-state index >= 15 is 0 Å². The van der Waals surface area contributed by atoms with Gasteiger partial charge in [0.15, 0.2) is 5.78 Å². The molecule has 0 saturated heterocycles. The van der Waals surface area contributed by atoms with Crippen molar-refractivity contribution >= 4 is 16.6 Å². The first-order valence-corrected chi connectivity index (χ1v) is 7.45. The number of aromatic hydroxyl groups is 1. The Labute approximate surface area is 121 Å². The van der Waals surface area contributed by atoms with Crippen molar-refractivity contribution < 1.29 is 9.90 Å². The summed E-state index contributed by atoms with van der Waals surface area (Å²) in [6.45, 7) is 8.00. The zero-order valence-electron chi connectivity index (χ0n) is 12.9. The maximum Gasteiger partial charge on any atom is 0.162 e. The number of ketones is 1. The van der Waals surface area contributed by atoms with Crippen LogP contribution in [0.4, 0.5) is 0 Å². The lowest BCUT2D eigenvalue weighted by Crippen LogP contribution is -2.03. The first-order chi connectivity index (χ1) is 9.67. The van der Waals surface area contributed by atoms with Gasteiger partial charge in [0, 0.05) is 12.0 Å². The second-order valence-corrected chi connectivity index (χ2v) is 4.52. The van der Waals surface area contributed by atoms with Crippen LogP contribution in [0.3, 0.4) is 0 Å². The maximum absolute atomic E-state index is 12.0. The molecule has 0 radical (unpaired) electrons. The molecule has 0 aliphatic heterocycles. The summed E-state index contributed by atoms with van der Waals surface area (Å²) in [4.78, 5) is 12.0. The van der Waals surface area contributed by atoms with Gasteiger partial charge < -0.3 is 5.11 Å². The predicted octanol–water partition coefficient (Wildman–Crippen LogP) is 5.12. The number of benzene rings is 2. The molecule has 0 aliphatic rings. The summed E-state index contributed by atoms with van der Waals surface area (Å²) in [6, 6.07) is 9.13. The van der Waals surface area contributed by atoms with Crippen LogP contribution in [0.2, 0.25) is 0 Å². The lowest BCUT2D eigenvalue weighted by Gasteiger charge is -2.11. The highest BCUT2D eigenvalue weighted by molar-refractivity contribution is 6.02. The smallest absolute Gasteiger partial charge is 0.162 e. The van der Waals surface area contributed by atoms with Gasteiger partial charge in [0.25, 0.3) is 0 Å². The average Bonchev–Trinajstić information content (AvgIpc) is 2.48. The minimum atomic E-state index is 0.188. The molecule has 0 atom stereocenters. The third kappa shape index (κ3) is 3.38. The van der Waals surface area contributed by atoms with Gasteiger partial charge in [-0.3, -0.25) is 4.79 Å². The summed E-state index contributed by atoms with van der Waals surface area (Å²) in [6.07, 6.45) is 2.42. The van der Waals surface area contributed by atoms with E-state index in [4.69, 9.17) is 0 Å². The SMILES string of the molecule is CC.CCCc1c(C(=O)CC)ccc2cc(O)ccc12. The largest absolute Gasteiger partial charge is 0.508 e. The number of Topliss-reactive ketones (excluding diaryl/α,β-unsaturated/α-hetero) is 1. The molecule has 0 aliphatic carbocycles. The molecule has 2 nitrogen and oxygen atoms in total. The predicted molar refractivity (Wildman–Crippen MR) is 85.6 cm³/mol. The molecule has 0 amide bonds. The van der Waals surface area contributed by atoms with Gasteiger partial charge in [0.1, 0.15) is 5.75 Å². The molecular weight excluding hydrogens is 248 g/mol. The number of aryl methyl sites for hydroxylation is 1. The summed E-state index contributed by atoms with van der Waals surface area (Å²) in [5, 5.41) is 11.6. The van der Waals surface area contributed by atoms with E-state index < -0.39 is 0 Å². The van der Waals surface area contributed by atoms with Gasteiger partial charge >= 0.3 is 0 Å². The fraction of sp³-hybridized carbons (Fsp3) is 0.389. The number of hydrogen-bond acceptors (Lipinski definition) is 2. The molecule has 1 N–H and O–H groups in total. The molecule has 2 rings (SSSR count). The van der Waals surface area contributed by atoms with Crippen LogP contribution in [0.15, 0.2) is 30.3 Å². The Morgan fingerprint density at radius 3 is 2.40 bits per heavy atom. The lowest BCUT2D eigenvalue weighted by atomic mass is 9.93. The van der Waals surface area contributed by atoms with Crippen molar-refractivity contribution in [2.24, 2.45) is 0 Å². The molecule has 20 heavy (non-hydrogen) atoms. The molecule has 0 bridgehead atoms. The van der Waals surface area contributed by atoms with E-state index in [1.54, 1.807) is 12.1 Å². The molecule has 2 heteroatoms. The molecule has 0 heterocycles. The molecule has 0 spiro atoms. The van der Waals surface area contributed by atoms with Crippen molar-refractivity contribution in [2.45, 2.75) is 47.0 Å². The van der Waals surface area contributed by atoms with Crippen LogP contribution in [0, 0.1) is 0 Å². The van der Waals surface area contributed by atoms with Crippen LogP contribution in [0.1, 0.15) is 56.5 Å². The van der Waals surface area contributed by atoms with Gasteiger partial charge in [0.2, 0.25) is 0 Å². The molecule has 0 fully saturated rings. The van der Waals surface area contributed by atoms with Crippen molar-refractivity contribution in [1.29, 1.82) is 0 Å². The summed E-state index contributed by atoms with van der Waals surface area (Å²) >= 11 is 0. The van der Waals surface area contributed by atoms with E-state index in [-0.39, 0.29) is 11.5 Å². The standard InChI is InChI=1S/C16H18O2.C2H6/c1-3-5-14-13-9-7-12(17)10-11(13)6-8-15(14)16(18)4-2;1-2/h6-10,17H,3-5H2,1-2H3;1-2H3. The third-order valence-corrected chi connectivity index (χ3v) is 3.24. The highest BCUT2D eigenvalue weighted by atomic mass is 16.3. The number of phenols is 1. The highest BCUT2D eigenvalue weighted by Crippen LogP contribution is 2.27. The first kappa shape index (κ1) is 16.2. The van der Waals surface area contributed by atoms with Crippen molar-refractivity contribution in [3.8, 4) is 5.75 Å². The Hall–Kier alpha value is -1.83. The first-order valence-electron chi connectivity index (χ1n) is 7.45. The van der Waals surface area contributed by atoms with Crippen molar-refractivity contribution in [1.82, 2.24) is 0 Å². The van der Waals surface area contributed by atoms with Crippen molar-refractivity contribution in [3.63, 3.8) is 0 Å². The second-order valence-electron chi connectivity index (χ2n) is 4.52. The van der Waals surface area contributed by atoms with Crippen LogP contribution in [-0.4, -0.2) is 10.9 Å². The zero-order chi connectivity index (χ0) is 15.1. The summed E-state index contributed by atoms with van der Waals surface area (Å²) in [5.74, 6) is 0.452. The van der Waals surface area contributed by atoms with Gasteiger partial charge in [-0.1, -0.05) is 52.3 Å². The highest BCUT2D eigenvalue weighted by Gasteiger charge is 2.12. The normalized spacial score (nSPS) is 10.0. The minimum absolute atomic E-state index is 0.188. The van der Waals surface area contributed by atoms with Gasteiger partial charge in [0.05, 0.1) is 0 Å². The van der Waals surface area contributed by atoms with Crippen LogP contribution >= 0.6 is 0 Å². The van der Waals surface area contributed by atoms with Crippen molar-refractivity contribution in [2.75, 3.05) is 0 Å². The summed E-state index contributed by atoms with van der Waals surface area (Å²) in [7, 11) is 0. The van der Waals surface area contributed by atoms with E-state index in [0.717, 1.165) is 34.7 Å². The fourth-order valence-electron chi connectivity index (χ4n) is 2.35. The summed E-state index contributed by atoms with van der Waals surface area (Å²) < 4.78 is 0. The van der Waals surface area contributed by atoms with E-state index in [1.807, 2.05) is 39.0 Å². The Morgan fingerprint density at radius 2 is 1.80 bits per heavy atom. The summed E-state index contributed by atoms with van der Waals surface area (Å²) in [5.41, 5.74) is 1.94. The van der Waals surface area contributed by atoms with Gasteiger partial charge in [-0.15, -0.1) is 0 Å². The van der Waals surface area contributed by atoms with E-state index in [9.17, 15) is 9.90 Å². The van der Waals surface area contributed by atoms with Gasteiger partial charge in [-0.05, 0) is 34.9 Å². The average molecular weight is 272 g/mol. The van der Waals surface area contributed by atoms with Crippen LogP contribution < -0.4 is 0 Å². The van der Waals surface area contributed by atoms with Crippen LogP contribution in [0.25, 0.3) is 10.8 Å². The Bertz CT molecular complexity index is 585. The molecule has 2 aromatic rings. The number of carbonyl (C=O) groups is 1. The maximum atomic E-state index is 12.0. The second kappa shape index (κ2) is 7.68. The fourth-order valence-corrected chi connectivity index (χ4v) is 2.35. The minimum Gasteiger partial charge on any atom is -0.508 e. The monoisotopic (exact) mass is 272 g/mol. The third-order valence-electron chi connectivity index (χ3n) is 3.24. The number of rotatable bonds is 4. The zero-order valence-corrected chi connectivity index (χ0v) is 12.9. The van der Waals surface area contributed by atoms with Gasteiger partial charge in [-0.2, -0.15) is 0 Å². The molecule has 0 unspecified atom stereocenters. The topological polar surface area (TPSA) is 37.3 Å². The quantitative estimate of drug-likeness (QED) is 0.785. The molecule has 0 aromatic heterocycles. The number of fused-ring (bicyclic) bond motifs is 1. The number of hydrogen-bond donors (Lipinski definition) is 1. The number of carbonyl (C=O) groups excluding carboxylic acids is 1.